The van der Waals surface area contributed by atoms with E-state index in [0.29, 0.717) is 19.3 Å². The lowest BCUT2D eigenvalue weighted by atomic mass is 10.0. The number of allylic oxidation sites excluding steroid dienone is 6. The standard InChI is InChI=1S/C68H126O6/c1-4-7-10-13-16-18-20-22-24-26-28-30-31-32-33-34-35-36-37-39-40-42-44-46-48-50-52-55-58-61-67(70)73-64-65(63-72-66(69)60-57-54-15-12-9-6-3)74-68(71)62-59-56-53-51-49-47-45-43-41-38-29-27-25-23-21-19-17-14-11-8-5-2/h20,22,26,28,31-32,65H,4-19,21,23-25,27,29-30,33-64H2,1-3H3/b22-20-,28-26-,32-31-. The largest absolute Gasteiger partial charge is 0.462 e. The van der Waals surface area contributed by atoms with E-state index in [1.165, 1.54) is 250 Å². The van der Waals surface area contributed by atoms with Gasteiger partial charge in [-0.05, 0) is 57.8 Å². The Kier molecular flexibility index (Phi) is 61.1. The van der Waals surface area contributed by atoms with Crippen LogP contribution in [0, 0.1) is 0 Å². The molecule has 0 spiro atoms. The second kappa shape index (κ2) is 63.2. The van der Waals surface area contributed by atoms with Crippen LogP contribution in [0.2, 0.25) is 0 Å². The minimum atomic E-state index is -0.766. The van der Waals surface area contributed by atoms with Crippen LogP contribution in [0.3, 0.4) is 0 Å². The van der Waals surface area contributed by atoms with Crippen LogP contribution in [-0.4, -0.2) is 37.2 Å². The third-order valence-electron chi connectivity index (χ3n) is 14.9. The fourth-order valence-corrected chi connectivity index (χ4v) is 9.92. The molecule has 0 aliphatic rings. The van der Waals surface area contributed by atoms with Crippen molar-refractivity contribution < 1.29 is 28.6 Å². The summed E-state index contributed by atoms with van der Waals surface area (Å²) in [6.07, 6.45) is 77.7. The summed E-state index contributed by atoms with van der Waals surface area (Å²) < 4.78 is 16.8. The fraction of sp³-hybridized carbons (Fsp3) is 0.868. The van der Waals surface area contributed by atoms with Gasteiger partial charge in [0.2, 0.25) is 0 Å². The molecule has 6 nitrogen and oxygen atoms in total. The number of hydrogen-bond donors (Lipinski definition) is 0. The van der Waals surface area contributed by atoms with Crippen molar-refractivity contribution in [2.75, 3.05) is 13.2 Å². The van der Waals surface area contributed by atoms with Gasteiger partial charge in [-0.3, -0.25) is 14.4 Å². The molecule has 0 aromatic heterocycles. The Labute approximate surface area is 461 Å². The summed E-state index contributed by atoms with van der Waals surface area (Å²) in [6, 6.07) is 0. The Morgan fingerprint density at radius 2 is 0.486 bits per heavy atom. The van der Waals surface area contributed by atoms with Crippen molar-refractivity contribution in [3.8, 4) is 0 Å². The lowest BCUT2D eigenvalue weighted by Gasteiger charge is -2.18. The molecule has 0 amide bonds. The van der Waals surface area contributed by atoms with Gasteiger partial charge in [0, 0.05) is 19.3 Å². The van der Waals surface area contributed by atoms with Gasteiger partial charge in [-0.15, -0.1) is 0 Å². The summed E-state index contributed by atoms with van der Waals surface area (Å²) in [4.78, 5) is 38.0. The molecule has 0 aliphatic heterocycles. The first-order valence-corrected chi connectivity index (χ1v) is 33.0. The molecule has 6 heteroatoms. The molecule has 0 saturated heterocycles. The first-order valence-electron chi connectivity index (χ1n) is 33.0. The van der Waals surface area contributed by atoms with Gasteiger partial charge in [-0.2, -0.15) is 0 Å². The number of carbonyl (C=O) groups is 3. The van der Waals surface area contributed by atoms with Gasteiger partial charge in [0.1, 0.15) is 13.2 Å². The van der Waals surface area contributed by atoms with Crippen LogP contribution in [0.25, 0.3) is 0 Å². The van der Waals surface area contributed by atoms with E-state index in [1.807, 2.05) is 0 Å². The molecule has 434 valence electrons. The van der Waals surface area contributed by atoms with E-state index in [2.05, 4.69) is 57.2 Å². The number of unbranched alkanes of at least 4 members (excludes halogenated alkanes) is 44. The molecule has 0 aromatic rings. The van der Waals surface area contributed by atoms with E-state index in [4.69, 9.17) is 14.2 Å². The Morgan fingerprint density at radius 1 is 0.270 bits per heavy atom. The first kappa shape index (κ1) is 71.6. The van der Waals surface area contributed by atoms with E-state index < -0.39 is 6.10 Å². The maximum absolute atomic E-state index is 12.8. The van der Waals surface area contributed by atoms with E-state index in [0.717, 1.165) is 70.6 Å². The third kappa shape index (κ3) is 60.5. The van der Waals surface area contributed by atoms with Gasteiger partial charge in [-0.1, -0.05) is 320 Å². The quantitative estimate of drug-likeness (QED) is 0.0261. The normalized spacial score (nSPS) is 12.2. The van der Waals surface area contributed by atoms with Crippen LogP contribution >= 0.6 is 0 Å². The highest BCUT2D eigenvalue weighted by Crippen LogP contribution is 2.18. The Hall–Kier alpha value is -2.37. The molecular weight excluding hydrogens is 913 g/mol. The molecule has 0 rings (SSSR count). The highest BCUT2D eigenvalue weighted by molar-refractivity contribution is 5.71. The summed E-state index contributed by atoms with van der Waals surface area (Å²) in [7, 11) is 0. The van der Waals surface area contributed by atoms with Gasteiger partial charge in [0.15, 0.2) is 6.10 Å². The maximum Gasteiger partial charge on any atom is 0.306 e. The SMILES string of the molecule is CCCCCCC/C=C\C/C=C\C/C=C\CCCCCCCCCCCCCCCCC(=O)OCC(COC(=O)CCCCCCCC)OC(=O)CCCCCCCCCCCCCCCCCCCCCCC. The van der Waals surface area contributed by atoms with E-state index in [-0.39, 0.29) is 31.1 Å². The fourth-order valence-electron chi connectivity index (χ4n) is 9.92. The second-order valence-corrected chi connectivity index (χ2v) is 22.4. The van der Waals surface area contributed by atoms with E-state index in [1.54, 1.807) is 0 Å². The summed E-state index contributed by atoms with van der Waals surface area (Å²) >= 11 is 0. The van der Waals surface area contributed by atoms with Gasteiger partial charge >= 0.3 is 17.9 Å². The zero-order valence-corrected chi connectivity index (χ0v) is 49.9. The summed E-state index contributed by atoms with van der Waals surface area (Å²) in [6.45, 7) is 6.63. The van der Waals surface area contributed by atoms with E-state index >= 15 is 0 Å². The lowest BCUT2D eigenvalue weighted by Crippen LogP contribution is -2.30. The zero-order chi connectivity index (χ0) is 53.6. The van der Waals surface area contributed by atoms with Crippen LogP contribution in [0.5, 0.6) is 0 Å². The number of hydrogen-bond acceptors (Lipinski definition) is 6. The summed E-state index contributed by atoms with van der Waals surface area (Å²) in [5.41, 5.74) is 0. The van der Waals surface area contributed by atoms with Gasteiger partial charge in [-0.25, -0.2) is 0 Å². The molecule has 0 saturated carbocycles. The molecule has 1 unspecified atom stereocenters. The van der Waals surface area contributed by atoms with Crippen LogP contribution in [-0.2, 0) is 28.6 Å². The highest BCUT2D eigenvalue weighted by atomic mass is 16.6. The minimum absolute atomic E-state index is 0.0674. The van der Waals surface area contributed by atoms with Gasteiger partial charge < -0.3 is 14.2 Å². The molecule has 0 bridgehead atoms. The molecule has 0 heterocycles. The Bertz CT molecular complexity index is 1240. The van der Waals surface area contributed by atoms with Gasteiger partial charge in [0.25, 0.3) is 0 Å². The van der Waals surface area contributed by atoms with Crippen LogP contribution in [0.1, 0.15) is 361 Å². The second-order valence-electron chi connectivity index (χ2n) is 22.4. The molecule has 0 radical (unpaired) electrons. The van der Waals surface area contributed by atoms with Crippen LogP contribution < -0.4 is 0 Å². The summed E-state index contributed by atoms with van der Waals surface area (Å²) in [5, 5.41) is 0. The molecule has 1 atom stereocenters. The van der Waals surface area contributed by atoms with Crippen LogP contribution in [0.4, 0.5) is 0 Å². The average Bonchev–Trinajstić information content (AvgIpc) is 3.40. The molecule has 0 aromatic carbocycles. The van der Waals surface area contributed by atoms with Crippen molar-refractivity contribution in [3.05, 3.63) is 36.5 Å². The molecule has 74 heavy (non-hydrogen) atoms. The number of rotatable bonds is 61. The minimum Gasteiger partial charge on any atom is -0.462 e. The predicted molar refractivity (Wildman–Crippen MR) is 321 cm³/mol. The predicted octanol–water partition coefficient (Wildman–Crippen LogP) is 22.4. The number of carbonyl (C=O) groups excluding carboxylic acids is 3. The smallest absolute Gasteiger partial charge is 0.306 e. The van der Waals surface area contributed by atoms with Crippen molar-refractivity contribution in [3.63, 3.8) is 0 Å². The van der Waals surface area contributed by atoms with Crippen molar-refractivity contribution in [2.24, 2.45) is 0 Å². The van der Waals surface area contributed by atoms with E-state index in [9.17, 15) is 14.4 Å². The van der Waals surface area contributed by atoms with Crippen molar-refractivity contribution in [2.45, 2.75) is 367 Å². The summed E-state index contributed by atoms with van der Waals surface area (Å²) in [5.74, 6) is -0.854. The number of ether oxygens (including phenoxy) is 3. The zero-order valence-electron chi connectivity index (χ0n) is 49.9. The monoisotopic (exact) mass is 1040 g/mol. The molecule has 0 N–H and O–H groups in total. The highest BCUT2D eigenvalue weighted by Gasteiger charge is 2.19. The van der Waals surface area contributed by atoms with Crippen molar-refractivity contribution >= 4 is 17.9 Å². The first-order chi connectivity index (χ1) is 36.5. The molecular formula is C68H126O6. The third-order valence-corrected chi connectivity index (χ3v) is 14.9. The topological polar surface area (TPSA) is 78.9 Å². The molecule has 0 fully saturated rings. The molecule has 0 aliphatic carbocycles. The van der Waals surface area contributed by atoms with Crippen molar-refractivity contribution in [1.82, 2.24) is 0 Å². The van der Waals surface area contributed by atoms with Crippen molar-refractivity contribution in [1.29, 1.82) is 0 Å². The van der Waals surface area contributed by atoms with Crippen LogP contribution in [0.15, 0.2) is 36.5 Å². The van der Waals surface area contributed by atoms with Gasteiger partial charge in [0.05, 0.1) is 0 Å². The lowest BCUT2D eigenvalue weighted by molar-refractivity contribution is -0.167. The number of esters is 3. The Morgan fingerprint density at radius 3 is 0.757 bits per heavy atom. The average molecular weight is 1040 g/mol. The maximum atomic E-state index is 12.8. The Balaban J connectivity index is 4.01.